The van der Waals surface area contributed by atoms with Gasteiger partial charge in [0.05, 0.1) is 6.10 Å². The van der Waals surface area contributed by atoms with Crippen molar-refractivity contribution < 1.29 is 29.0 Å². The molecule has 0 aromatic heterocycles. The first-order chi connectivity index (χ1) is 16.4. The Bertz CT molecular complexity index is 1020. The van der Waals surface area contributed by atoms with Gasteiger partial charge in [-0.1, -0.05) is 61.4 Å². The van der Waals surface area contributed by atoms with Crippen LogP contribution in [0.5, 0.6) is 0 Å². The number of carbonyl (C=O) groups excluding carboxylic acids is 2. The van der Waals surface area contributed by atoms with Crippen LogP contribution in [0, 0.1) is 5.92 Å². The van der Waals surface area contributed by atoms with Crippen molar-refractivity contribution in [2.24, 2.45) is 5.92 Å². The Hall–Kier alpha value is -3.39. The predicted octanol–water partition coefficient (Wildman–Crippen LogP) is 3.30. The van der Waals surface area contributed by atoms with E-state index in [0.717, 1.165) is 35.1 Å². The average Bonchev–Trinajstić information content (AvgIpc) is 3.60. The van der Waals surface area contributed by atoms with Crippen molar-refractivity contribution in [2.75, 3.05) is 13.7 Å². The van der Waals surface area contributed by atoms with Crippen LogP contribution in [-0.4, -0.2) is 55.0 Å². The highest BCUT2D eigenvalue weighted by Crippen LogP contribution is 2.44. The number of hydrogen-bond donors (Lipinski definition) is 3. The number of fused-ring (bicyclic) bond motifs is 3. The molecule has 8 heteroatoms. The van der Waals surface area contributed by atoms with E-state index in [1.165, 1.54) is 7.11 Å². The van der Waals surface area contributed by atoms with Gasteiger partial charge in [0.15, 0.2) is 0 Å². The van der Waals surface area contributed by atoms with Crippen LogP contribution in [0.2, 0.25) is 0 Å². The number of carboxylic acid groups (broad SMARTS) is 1. The minimum Gasteiger partial charge on any atom is -0.480 e. The van der Waals surface area contributed by atoms with Gasteiger partial charge >= 0.3 is 12.1 Å². The Kier molecular flexibility index (Phi) is 7.17. The fraction of sp³-hybridized carbons (Fsp3) is 0.423. The Morgan fingerprint density at radius 3 is 2.12 bits per heavy atom. The Morgan fingerprint density at radius 2 is 1.59 bits per heavy atom. The third kappa shape index (κ3) is 5.22. The number of carboxylic acids is 1. The van der Waals surface area contributed by atoms with E-state index >= 15 is 0 Å². The molecule has 0 aliphatic heterocycles. The molecule has 3 atom stereocenters. The maximum atomic E-state index is 12.9. The maximum Gasteiger partial charge on any atom is 0.407 e. The molecule has 2 aromatic rings. The topological polar surface area (TPSA) is 114 Å². The number of aliphatic carboxylic acids is 1. The zero-order valence-electron chi connectivity index (χ0n) is 19.3. The van der Waals surface area contributed by atoms with Gasteiger partial charge in [0, 0.05) is 13.0 Å². The predicted molar refractivity (Wildman–Crippen MR) is 125 cm³/mol. The van der Waals surface area contributed by atoms with E-state index < -0.39 is 36.2 Å². The van der Waals surface area contributed by atoms with Crippen LogP contribution in [-0.2, 0) is 19.1 Å². The molecule has 8 nitrogen and oxygen atoms in total. The highest BCUT2D eigenvalue weighted by atomic mass is 16.5. The minimum absolute atomic E-state index is 0.106. The summed E-state index contributed by atoms with van der Waals surface area (Å²) in [4.78, 5) is 37.1. The lowest BCUT2D eigenvalue weighted by molar-refractivity contribution is -0.143. The monoisotopic (exact) mass is 466 g/mol. The molecular formula is C26H30N2O6. The summed E-state index contributed by atoms with van der Waals surface area (Å²) in [5, 5.41) is 14.6. The molecule has 0 bridgehead atoms. The quantitative estimate of drug-likeness (QED) is 0.495. The molecular weight excluding hydrogens is 436 g/mol. The van der Waals surface area contributed by atoms with Crippen molar-refractivity contribution in [3.63, 3.8) is 0 Å². The molecule has 2 aromatic carbocycles. The summed E-state index contributed by atoms with van der Waals surface area (Å²) in [6.45, 7) is 1.74. The van der Waals surface area contributed by atoms with E-state index in [0.29, 0.717) is 12.3 Å². The molecule has 180 valence electrons. The zero-order valence-corrected chi connectivity index (χ0v) is 19.3. The number of carbonyl (C=O) groups is 3. The fourth-order valence-corrected chi connectivity index (χ4v) is 4.47. The number of amides is 2. The van der Waals surface area contributed by atoms with Gasteiger partial charge in [-0.2, -0.15) is 0 Å². The van der Waals surface area contributed by atoms with Crippen LogP contribution in [0.4, 0.5) is 4.79 Å². The number of ether oxygens (including phenoxy) is 2. The number of benzene rings is 2. The summed E-state index contributed by atoms with van der Waals surface area (Å²) in [5.74, 6) is -1.50. The van der Waals surface area contributed by atoms with Gasteiger partial charge in [0.1, 0.15) is 18.7 Å². The van der Waals surface area contributed by atoms with E-state index in [4.69, 9.17) is 9.47 Å². The largest absolute Gasteiger partial charge is 0.480 e. The lowest BCUT2D eigenvalue weighted by Gasteiger charge is -2.25. The van der Waals surface area contributed by atoms with Crippen molar-refractivity contribution in [3.05, 3.63) is 59.7 Å². The summed E-state index contributed by atoms with van der Waals surface area (Å²) >= 11 is 0. The second-order valence-corrected chi connectivity index (χ2v) is 8.97. The number of nitrogens with one attached hydrogen (secondary N) is 2. The number of hydrogen-bond acceptors (Lipinski definition) is 5. The Labute approximate surface area is 198 Å². The summed E-state index contributed by atoms with van der Waals surface area (Å²) < 4.78 is 10.8. The lowest BCUT2D eigenvalue weighted by Crippen LogP contribution is -2.56. The molecule has 0 saturated heterocycles. The molecule has 1 unspecified atom stereocenters. The van der Waals surface area contributed by atoms with Crippen molar-refractivity contribution in [2.45, 2.75) is 50.3 Å². The third-order valence-electron chi connectivity index (χ3n) is 6.62. The van der Waals surface area contributed by atoms with Crippen LogP contribution >= 0.6 is 0 Å². The van der Waals surface area contributed by atoms with Gasteiger partial charge in [0.2, 0.25) is 5.91 Å². The Balaban J connectivity index is 1.40. The highest BCUT2D eigenvalue weighted by Gasteiger charge is 2.35. The summed E-state index contributed by atoms with van der Waals surface area (Å²) in [5.41, 5.74) is 4.40. The lowest BCUT2D eigenvalue weighted by atomic mass is 9.98. The van der Waals surface area contributed by atoms with Crippen molar-refractivity contribution >= 4 is 18.0 Å². The minimum atomic E-state index is -1.10. The SMILES string of the molecule is CO[C@H](C)[C@H](NC(=O)OCC1c2ccccc2-c2ccccc21)C(=O)NC(CC1CC1)C(=O)O. The van der Waals surface area contributed by atoms with E-state index in [-0.39, 0.29) is 12.5 Å². The first kappa shape index (κ1) is 23.8. The molecule has 0 heterocycles. The summed E-state index contributed by atoms with van der Waals surface area (Å²) in [7, 11) is 1.42. The van der Waals surface area contributed by atoms with Crippen LogP contribution in [0.1, 0.15) is 43.2 Å². The highest BCUT2D eigenvalue weighted by molar-refractivity contribution is 5.89. The number of methoxy groups -OCH3 is 1. The van der Waals surface area contributed by atoms with Gasteiger partial charge in [-0.3, -0.25) is 4.79 Å². The van der Waals surface area contributed by atoms with Crippen LogP contribution in [0.15, 0.2) is 48.5 Å². The average molecular weight is 467 g/mol. The normalized spacial score (nSPS) is 17.1. The van der Waals surface area contributed by atoms with E-state index in [9.17, 15) is 19.5 Å². The van der Waals surface area contributed by atoms with Crippen molar-refractivity contribution in [3.8, 4) is 11.1 Å². The van der Waals surface area contributed by atoms with Crippen LogP contribution in [0.25, 0.3) is 11.1 Å². The fourth-order valence-electron chi connectivity index (χ4n) is 4.47. The molecule has 0 spiro atoms. The van der Waals surface area contributed by atoms with E-state index in [1.54, 1.807) is 6.92 Å². The molecule has 2 aliphatic carbocycles. The van der Waals surface area contributed by atoms with Crippen molar-refractivity contribution in [1.82, 2.24) is 10.6 Å². The molecule has 0 radical (unpaired) electrons. The first-order valence-electron chi connectivity index (χ1n) is 11.6. The molecule has 1 fully saturated rings. The molecule has 2 aliphatic rings. The van der Waals surface area contributed by atoms with Gasteiger partial charge in [0.25, 0.3) is 0 Å². The first-order valence-corrected chi connectivity index (χ1v) is 11.6. The summed E-state index contributed by atoms with van der Waals surface area (Å²) in [6.07, 6.45) is 0.862. The van der Waals surface area contributed by atoms with Crippen LogP contribution in [0.3, 0.4) is 0 Å². The number of rotatable bonds is 10. The number of alkyl carbamates (subject to hydrolysis) is 1. The van der Waals surface area contributed by atoms with Gasteiger partial charge < -0.3 is 25.2 Å². The van der Waals surface area contributed by atoms with Gasteiger partial charge in [-0.05, 0) is 41.5 Å². The zero-order chi connectivity index (χ0) is 24.2. The van der Waals surface area contributed by atoms with Gasteiger partial charge in [-0.15, -0.1) is 0 Å². The molecule has 1 saturated carbocycles. The summed E-state index contributed by atoms with van der Waals surface area (Å²) in [6, 6.07) is 13.9. The molecule has 2 amide bonds. The third-order valence-corrected chi connectivity index (χ3v) is 6.62. The van der Waals surface area contributed by atoms with Gasteiger partial charge in [-0.25, -0.2) is 9.59 Å². The van der Waals surface area contributed by atoms with Crippen LogP contribution < -0.4 is 10.6 Å². The maximum absolute atomic E-state index is 12.9. The van der Waals surface area contributed by atoms with E-state index in [1.807, 2.05) is 36.4 Å². The second-order valence-electron chi connectivity index (χ2n) is 8.97. The van der Waals surface area contributed by atoms with Crippen molar-refractivity contribution in [1.29, 1.82) is 0 Å². The molecule has 3 N–H and O–H groups in total. The molecule has 4 rings (SSSR count). The Morgan fingerprint density at radius 1 is 1.00 bits per heavy atom. The standard InChI is InChI=1S/C26H30N2O6/c1-15(33-2)23(24(29)27-22(25(30)31)13-16-11-12-16)28-26(32)34-14-21-19-9-5-3-7-17(19)18-8-4-6-10-20(18)21/h3-10,15-16,21-23H,11-14H2,1-2H3,(H,27,29)(H,28,32)(H,30,31)/t15-,22?,23+/m1/s1. The second kappa shape index (κ2) is 10.3. The smallest absolute Gasteiger partial charge is 0.407 e. The van der Waals surface area contributed by atoms with E-state index in [2.05, 4.69) is 22.8 Å². The molecule has 34 heavy (non-hydrogen) atoms.